The van der Waals surface area contributed by atoms with E-state index in [1.165, 1.54) is 11.1 Å². The molecule has 1 aromatic rings. The van der Waals surface area contributed by atoms with Crippen LogP contribution in [0.2, 0.25) is 0 Å². The summed E-state index contributed by atoms with van der Waals surface area (Å²) in [6.07, 6.45) is 1.16. The third-order valence-electron chi connectivity index (χ3n) is 3.53. The van der Waals surface area contributed by atoms with Gasteiger partial charge in [-0.3, -0.25) is 0 Å². The van der Waals surface area contributed by atoms with Crippen molar-refractivity contribution in [2.24, 2.45) is 4.99 Å². The van der Waals surface area contributed by atoms with Crippen LogP contribution in [0.3, 0.4) is 0 Å². The van der Waals surface area contributed by atoms with Gasteiger partial charge in [0, 0.05) is 26.8 Å². The summed E-state index contributed by atoms with van der Waals surface area (Å²) >= 11 is 0. The molecule has 0 aliphatic heterocycles. The lowest BCUT2D eigenvalue weighted by molar-refractivity contribution is 0.0657. The van der Waals surface area contributed by atoms with Gasteiger partial charge in [0.25, 0.3) is 0 Å². The van der Waals surface area contributed by atoms with Gasteiger partial charge in [-0.05, 0) is 38.3 Å². The molecular weight excluding hydrogens is 330 g/mol. The molecule has 0 spiro atoms. The number of nitrogens with zero attached hydrogens (tertiary/aromatic N) is 1. The van der Waals surface area contributed by atoms with Crippen LogP contribution in [-0.2, 0) is 27.4 Å². The van der Waals surface area contributed by atoms with Gasteiger partial charge in [-0.1, -0.05) is 24.3 Å². The first-order valence-corrected chi connectivity index (χ1v) is 9.44. The van der Waals surface area contributed by atoms with Crippen LogP contribution in [0.5, 0.6) is 0 Å². The van der Waals surface area contributed by atoms with Gasteiger partial charge in [0.15, 0.2) is 5.96 Å². The molecule has 148 valence electrons. The lowest BCUT2D eigenvalue weighted by atomic mass is 10.1. The lowest BCUT2D eigenvalue weighted by Crippen LogP contribution is -2.38. The minimum atomic E-state index is 0.236. The van der Waals surface area contributed by atoms with E-state index in [1.54, 1.807) is 7.11 Å². The van der Waals surface area contributed by atoms with Crippen molar-refractivity contribution in [1.82, 2.24) is 10.6 Å². The smallest absolute Gasteiger partial charge is 0.191 e. The molecule has 0 aromatic heterocycles. The number of nitrogens with one attached hydrogen (secondary N) is 2. The molecule has 1 rings (SSSR count). The van der Waals surface area contributed by atoms with Crippen LogP contribution in [0.15, 0.2) is 29.3 Å². The van der Waals surface area contributed by atoms with Gasteiger partial charge in [0.05, 0.1) is 32.5 Å². The number of guanidine groups is 1. The molecule has 0 atom stereocenters. The number of rotatable bonds is 13. The van der Waals surface area contributed by atoms with Crippen LogP contribution >= 0.6 is 0 Å². The Morgan fingerprint density at radius 1 is 1.12 bits per heavy atom. The fourth-order valence-corrected chi connectivity index (χ4v) is 2.22. The van der Waals surface area contributed by atoms with Crippen molar-refractivity contribution in [2.45, 2.75) is 46.4 Å². The van der Waals surface area contributed by atoms with E-state index in [-0.39, 0.29) is 6.10 Å². The highest BCUT2D eigenvalue weighted by Crippen LogP contribution is 2.09. The zero-order valence-corrected chi connectivity index (χ0v) is 16.7. The van der Waals surface area contributed by atoms with E-state index in [0.717, 1.165) is 25.5 Å². The molecule has 1 aromatic carbocycles. The molecule has 0 unspecified atom stereocenters. The molecule has 0 aliphatic rings. The molecule has 0 heterocycles. The Balaban J connectivity index is 2.41. The van der Waals surface area contributed by atoms with Gasteiger partial charge in [-0.15, -0.1) is 0 Å². The fourth-order valence-electron chi connectivity index (χ4n) is 2.22. The Morgan fingerprint density at radius 3 is 2.65 bits per heavy atom. The Morgan fingerprint density at radius 2 is 1.92 bits per heavy atom. The van der Waals surface area contributed by atoms with E-state index in [4.69, 9.17) is 14.2 Å². The van der Waals surface area contributed by atoms with E-state index in [9.17, 15) is 0 Å². The predicted octanol–water partition coefficient (Wildman–Crippen LogP) is 2.72. The van der Waals surface area contributed by atoms with Gasteiger partial charge in [-0.2, -0.15) is 0 Å². The number of hydrogen-bond acceptors (Lipinski definition) is 4. The largest absolute Gasteiger partial charge is 0.382 e. The number of methoxy groups -OCH3 is 1. The average Bonchev–Trinajstić information content (AvgIpc) is 2.64. The molecule has 0 bridgehead atoms. The summed E-state index contributed by atoms with van der Waals surface area (Å²) in [4.78, 5) is 4.66. The topological polar surface area (TPSA) is 64.1 Å². The van der Waals surface area contributed by atoms with Crippen LogP contribution in [0, 0.1) is 0 Å². The summed E-state index contributed by atoms with van der Waals surface area (Å²) in [6.45, 7) is 11.1. The normalized spacial score (nSPS) is 11.8. The maximum absolute atomic E-state index is 5.67. The van der Waals surface area contributed by atoms with Crippen molar-refractivity contribution in [1.29, 1.82) is 0 Å². The van der Waals surface area contributed by atoms with Crippen LogP contribution in [0.1, 0.15) is 38.3 Å². The Kier molecular flexibility index (Phi) is 12.5. The molecule has 2 N–H and O–H groups in total. The Hall–Kier alpha value is -1.63. The number of ether oxygens (including phenoxy) is 3. The summed E-state index contributed by atoms with van der Waals surface area (Å²) in [7, 11) is 1.68. The predicted molar refractivity (Wildman–Crippen MR) is 106 cm³/mol. The molecule has 6 heteroatoms. The molecular formula is C20H35N3O3. The molecule has 0 saturated carbocycles. The zero-order chi connectivity index (χ0) is 19.0. The average molecular weight is 366 g/mol. The summed E-state index contributed by atoms with van der Waals surface area (Å²) in [6, 6.07) is 8.39. The standard InChI is InChI=1S/C20H35N3O3/c1-5-21-20(22-10-7-11-25-13-12-24-4)23-15-18-8-6-9-19(14-18)16-26-17(2)3/h6,8-9,14,17H,5,7,10-13,15-16H2,1-4H3,(H2,21,22,23). The van der Waals surface area contributed by atoms with Crippen LogP contribution in [-0.4, -0.2) is 52.1 Å². The van der Waals surface area contributed by atoms with Gasteiger partial charge in [-0.25, -0.2) is 4.99 Å². The Bertz CT molecular complexity index is 507. The molecule has 0 saturated heterocycles. The van der Waals surface area contributed by atoms with E-state index >= 15 is 0 Å². The van der Waals surface area contributed by atoms with Crippen molar-refractivity contribution < 1.29 is 14.2 Å². The third-order valence-corrected chi connectivity index (χ3v) is 3.53. The van der Waals surface area contributed by atoms with E-state index in [0.29, 0.717) is 33.0 Å². The maximum Gasteiger partial charge on any atom is 0.191 e. The molecule has 26 heavy (non-hydrogen) atoms. The van der Waals surface area contributed by atoms with Crippen LogP contribution in [0.25, 0.3) is 0 Å². The van der Waals surface area contributed by atoms with Crippen molar-refractivity contribution in [3.05, 3.63) is 35.4 Å². The molecule has 0 fully saturated rings. The van der Waals surface area contributed by atoms with Gasteiger partial charge >= 0.3 is 0 Å². The summed E-state index contributed by atoms with van der Waals surface area (Å²) in [5.41, 5.74) is 2.35. The van der Waals surface area contributed by atoms with Gasteiger partial charge in [0.2, 0.25) is 0 Å². The molecule has 6 nitrogen and oxygen atoms in total. The summed E-state index contributed by atoms with van der Waals surface area (Å²) in [5.74, 6) is 0.827. The van der Waals surface area contributed by atoms with Crippen LogP contribution in [0.4, 0.5) is 0 Å². The molecule has 0 aliphatic carbocycles. The SMILES string of the molecule is CCNC(=NCc1cccc(COC(C)C)c1)NCCCOCCOC. The highest BCUT2D eigenvalue weighted by atomic mass is 16.5. The van der Waals surface area contributed by atoms with Crippen molar-refractivity contribution in [2.75, 3.05) is 40.0 Å². The van der Waals surface area contributed by atoms with Crippen LogP contribution < -0.4 is 10.6 Å². The number of aliphatic imine (C=N–C) groups is 1. The fraction of sp³-hybridized carbons (Fsp3) is 0.650. The first-order valence-electron chi connectivity index (χ1n) is 9.44. The lowest BCUT2D eigenvalue weighted by Gasteiger charge is -2.12. The van der Waals surface area contributed by atoms with E-state index < -0.39 is 0 Å². The summed E-state index contributed by atoms with van der Waals surface area (Å²) < 4.78 is 16.1. The van der Waals surface area contributed by atoms with Gasteiger partial charge in [0.1, 0.15) is 0 Å². The highest BCUT2D eigenvalue weighted by molar-refractivity contribution is 5.79. The molecule has 0 radical (unpaired) electrons. The first kappa shape index (κ1) is 22.4. The second-order valence-corrected chi connectivity index (χ2v) is 6.26. The number of benzene rings is 1. The van der Waals surface area contributed by atoms with Crippen molar-refractivity contribution in [3.63, 3.8) is 0 Å². The molecule has 0 amide bonds. The van der Waals surface area contributed by atoms with Crippen molar-refractivity contribution in [3.8, 4) is 0 Å². The highest BCUT2D eigenvalue weighted by Gasteiger charge is 2.00. The number of hydrogen-bond donors (Lipinski definition) is 2. The van der Waals surface area contributed by atoms with E-state index in [1.807, 2.05) is 13.8 Å². The minimum Gasteiger partial charge on any atom is -0.382 e. The quantitative estimate of drug-likeness (QED) is 0.320. The summed E-state index contributed by atoms with van der Waals surface area (Å²) in [5, 5.41) is 6.61. The monoisotopic (exact) mass is 365 g/mol. The second-order valence-electron chi connectivity index (χ2n) is 6.26. The zero-order valence-electron chi connectivity index (χ0n) is 16.7. The van der Waals surface area contributed by atoms with E-state index in [2.05, 4.69) is 46.8 Å². The van der Waals surface area contributed by atoms with Crippen molar-refractivity contribution >= 4 is 5.96 Å². The third kappa shape index (κ3) is 11.1. The maximum atomic E-state index is 5.67. The second kappa shape index (κ2) is 14.5. The Labute approximate surface area is 158 Å². The minimum absolute atomic E-state index is 0.236. The van der Waals surface area contributed by atoms with Gasteiger partial charge < -0.3 is 24.8 Å². The first-order chi connectivity index (χ1) is 12.7.